The van der Waals surface area contributed by atoms with Gasteiger partial charge in [-0.1, -0.05) is 36.4 Å². The number of phenols is 1. The molecule has 148 valence electrons. The van der Waals surface area contributed by atoms with E-state index in [4.69, 9.17) is 9.47 Å². The van der Waals surface area contributed by atoms with Crippen LogP contribution in [0.25, 0.3) is 0 Å². The predicted octanol–water partition coefficient (Wildman–Crippen LogP) is 4.92. The van der Waals surface area contributed by atoms with Crippen molar-refractivity contribution in [1.29, 1.82) is 0 Å². The molecule has 4 heteroatoms. The number of hydrogen-bond donors (Lipinski definition) is 1. The van der Waals surface area contributed by atoms with E-state index in [9.17, 15) is 5.11 Å². The second kappa shape index (κ2) is 7.36. The molecular weight excluding hydrogens is 362 g/mol. The van der Waals surface area contributed by atoms with Crippen molar-refractivity contribution < 1.29 is 14.6 Å². The summed E-state index contributed by atoms with van der Waals surface area (Å²) in [5.41, 5.74) is 4.64. The Kier molecular flexibility index (Phi) is 4.55. The number of ether oxygens (including phenoxy) is 2. The van der Waals surface area contributed by atoms with Crippen LogP contribution in [-0.2, 0) is 0 Å². The van der Waals surface area contributed by atoms with Crippen molar-refractivity contribution in [1.82, 2.24) is 0 Å². The van der Waals surface area contributed by atoms with Gasteiger partial charge in [0.25, 0.3) is 0 Å². The fraction of sp³-hybridized carbons (Fsp3) is 0.280. The number of anilines is 1. The van der Waals surface area contributed by atoms with Crippen LogP contribution in [0.2, 0.25) is 0 Å². The van der Waals surface area contributed by atoms with E-state index in [-0.39, 0.29) is 17.6 Å². The quantitative estimate of drug-likeness (QED) is 0.693. The number of phenolic OH excluding ortho intramolecular Hbond substituents is 1. The summed E-state index contributed by atoms with van der Waals surface area (Å²) in [7, 11) is 0. The molecule has 0 saturated carbocycles. The van der Waals surface area contributed by atoms with Crippen LogP contribution < -0.4 is 14.4 Å². The van der Waals surface area contributed by atoms with Crippen LogP contribution in [0.1, 0.15) is 35.4 Å². The van der Waals surface area contributed by atoms with E-state index in [0.717, 1.165) is 42.4 Å². The molecule has 2 heterocycles. The number of fused-ring (bicyclic) bond motifs is 2. The minimum Gasteiger partial charge on any atom is -0.508 e. The molecular formula is C25H25NO3. The van der Waals surface area contributed by atoms with E-state index >= 15 is 0 Å². The lowest BCUT2D eigenvalue weighted by Crippen LogP contribution is -2.32. The Bertz CT molecular complexity index is 1020. The van der Waals surface area contributed by atoms with Crippen LogP contribution in [0.5, 0.6) is 17.2 Å². The van der Waals surface area contributed by atoms with Gasteiger partial charge in [0.05, 0.1) is 18.8 Å². The molecule has 5 rings (SSSR count). The van der Waals surface area contributed by atoms with Gasteiger partial charge in [-0.2, -0.15) is 0 Å². The van der Waals surface area contributed by atoms with Crippen LogP contribution in [0, 0.1) is 0 Å². The summed E-state index contributed by atoms with van der Waals surface area (Å²) >= 11 is 0. The second-order valence-corrected chi connectivity index (χ2v) is 7.68. The van der Waals surface area contributed by atoms with Gasteiger partial charge >= 0.3 is 0 Å². The monoisotopic (exact) mass is 387 g/mol. The van der Waals surface area contributed by atoms with E-state index < -0.39 is 0 Å². The molecule has 0 bridgehead atoms. The SMILES string of the molecule is CCN1CCOc2ccc([C@@H]3c4cc(O)ccc4OC[C@@H]3c3ccccc3)cc21. The average Bonchev–Trinajstić information content (AvgIpc) is 2.78. The molecule has 0 amide bonds. The van der Waals surface area contributed by atoms with Gasteiger partial charge in [0, 0.05) is 23.9 Å². The Hall–Kier alpha value is -3.14. The van der Waals surface area contributed by atoms with Crippen molar-refractivity contribution in [3.63, 3.8) is 0 Å². The third-order valence-corrected chi connectivity index (χ3v) is 6.06. The topological polar surface area (TPSA) is 41.9 Å². The Balaban J connectivity index is 1.66. The van der Waals surface area contributed by atoms with Gasteiger partial charge in [-0.25, -0.2) is 0 Å². The highest BCUT2D eigenvalue weighted by Gasteiger charge is 2.34. The van der Waals surface area contributed by atoms with Crippen LogP contribution in [-0.4, -0.2) is 31.4 Å². The maximum atomic E-state index is 10.2. The van der Waals surface area contributed by atoms with Crippen molar-refractivity contribution in [3.05, 3.63) is 83.4 Å². The fourth-order valence-electron chi connectivity index (χ4n) is 4.62. The van der Waals surface area contributed by atoms with E-state index in [1.165, 1.54) is 11.1 Å². The highest BCUT2D eigenvalue weighted by Crippen LogP contribution is 2.48. The molecule has 0 aromatic heterocycles. The summed E-state index contributed by atoms with van der Waals surface area (Å²) in [6.07, 6.45) is 0. The lowest BCUT2D eigenvalue weighted by molar-refractivity contribution is 0.248. The van der Waals surface area contributed by atoms with Gasteiger partial charge in [0.15, 0.2) is 0 Å². The summed E-state index contributed by atoms with van der Waals surface area (Å²) < 4.78 is 12.0. The first-order valence-electron chi connectivity index (χ1n) is 10.3. The van der Waals surface area contributed by atoms with Gasteiger partial charge in [0.2, 0.25) is 0 Å². The molecule has 29 heavy (non-hydrogen) atoms. The zero-order valence-electron chi connectivity index (χ0n) is 16.5. The third-order valence-electron chi connectivity index (χ3n) is 6.06. The summed E-state index contributed by atoms with van der Waals surface area (Å²) in [5.74, 6) is 2.33. The van der Waals surface area contributed by atoms with E-state index in [2.05, 4.69) is 54.3 Å². The summed E-state index contributed by atoms with van der Waals surface area (Å²) in [6, 6.07) is 22.4. The van der Waals surface area contributed by atoms with Crippen LogP contribution >= 0.6 is 0 Å². The lowest BCUT2D eigenvalue weighted by Gasteiger charge is -2.36. The zero-order chi connectivity index (χ0) is 19.8. The normalized spacial score (nSPS) is 20.2. The Morgan fingerprint density at radius 3 is 2.59 bits per heavy atom. The molecule has 0 unspecified atom stereocenters. The third kappa shape index (κ3) is 3.19. The molecule has 2 aliphatic rings. The number of likely N-dealkylation sites (N-methyl/N-ethyl adjacent to an activating group) is 1. The lowest BCUT2D eigenvalue weighted by atomic mass is 9.75. The summed E-state index contributed by atoms with van der Waals surface area (Å²) in [4.78, 5) is 2.36. The van der Waals surface area contributed by atoms with Crippen LogP contribution in [0.3, 0.4) is 0 Å². The smallest absolute Gasteiger partial charge is 0.142 e. The van der Waals surface area contributed by atoms with Crippen LogP contribution in [0.15, 0.2) is 66.7 Å². The Labute approximate surface area is 171 Å². The number of nitrogens with zero attached hydrogens (tertiary/aromatic N) is 1. The molecule has 1 N–H and O–H groups in total. The molecule has 0 radical (unpaired) electrons. The first-order chi connectivity index (χ1) is 14.2. The number of rotatable bonds is 3. The summed E-state index contributed by atoms with van der Waals surface area (Å²) in [5, 5.41) is 10.2. The summed E-state index contributed by atoms with van der Waals surface area (Å²) in [6.45, 7) is 5.36. The highest BCUT2D eigenvalue weighted by molar-refractivity contribution is 5.63. The van der Waals surface area contributed by atoms with Crippen molar-refractivity contribution >= 4 is 5.69 Å². The van der Waals surface area contributed by atoms with Crippen molar-refractivity contribution in [2.45, 2.75) is 18.8 Å². The van der Waals surface area contributed by atoms with E-state index in [1.54, 1.807) is 6.07 Å². The molecule has 2 atom stereocenters. The van der Waals surface area contributed by atoms with Gasteiger partial charge in [-0.05, 0) is 48.4 Å². The highest BCUT2D eigenvalue weighted by atomic mass is 16.5. The molecule has 0 fully saturated rings. The van der Waals surface area contributed by atoms with Crippen molar-refractivity contribution in [3.8, 4) is 17.2 Å². The second-order valence-electron chi connectivity index (χ2n) is 7.68. The zero-order valence-corrected chi connectivity index (χ0v) is 16.5. The molecule has 3 aromatic carbocycles. The van der Waals surface area contributed by atoms with Gasteiger partial charge in [0.1, 0.15) is 23.9 Å². The largest absolute Gasteiger partial charge is 0.508 e. The number of benzene rings is 3. The standard InChI is InChI=1S/C25H25NO3/c1-2-26-12-13-28-24-10-8-18(14-22(24)26)25-20-15-19(27)9-11-23(20)29-16-21(25)17-6-4-3-5-7-17/h3-11,14-15,21,25,27H,2,12-13,16H2,1H3/t21-,25-/m1/s1. The van der Waals surface area contributed by atoms with E-state index in [0.29, 0.717) is 6.61 Å². The van der Waals surface area contributed by atoms with Crippen molar-refractivity contribution in [2.75, 3.05) is 31.2 Å². The van der Waals surface area contributed by atoms with Crippen LogP contribution in [0.4, 0.5) is 5.69 Å². The minimum absolute atomic E-state index is 0.0965. The molecule has 0 aliphatic carbocycles. The molecule has 0 saturated heterocycles. The first-order valence-corrected chi connectivity index (χ1v) is 10.3. The molecule has 4 nitrogen and oxygen atoms in total. The maximum Gasteiger partial charge on any atom is 0.142 e. The molecule has 0 spiro atoms. The maximum absolute atomic E-state index is 10.2. The molecule has 3 aromatic rings. The first kappa shape index (κ1) is 17.9. The predicted molar refractivity (Wildman–Crippen MR) is 114 cm³/mol. The van der Waals surface area contributed by atoms with E-state index in [1.807, 2.05) is 18.2 Å². The van der Waals surface area contributed by atoms with Gasteiger partial charge in [-0.15, -0.1) is 0 Å². The fourth-order valence-corrected chi connectivity index (χ4v) is 4.62. The number of hydrogen-bond acceptors (Lipinski definition) is 4. The van der Waals surface area contributed by atoms with Gasteiger partial charge < -0.3 is 19.5 Å². The minimum atomic E-state index is 0.0965. The van der Waals surface area contributed by atoms with Gasteiger partial charge in [-0.3, -0.25) is 0 Å². The average molecular weight is 387 g/mol. The molecule has 2 aliphatic heterocycles. The Morgan fingerprint density at radius 1 is 0.931 bits per heavy atom. The van der Waals surface area contributed by atoms with Crippen molar-refractivity contribution in [2.24, 2.45) is 0 Å². The number of aromatic hydroxyl groups is 1. The Morgan fingerprint density at radius 2 is 1.76 bits per heavy atom.